The maximum absolute atomic E-state index is 5.97. The molecule has 2 atom stereocenters. The van der Waals surface area contributed by atoms with E-state index in [1.165, 1.54) is 0 Å². The van der Waals surface area contributed by atoms with Crippen LogP contribution in [0.5, 0.6) is 11.5 Å². The van der Waals surface area contributed by atoms with Crippen molar-refractivity contribution in [1.29, 1.82) is 0 Å². The molecule has 7 nitrogen and oxygen atoms in total. The smallest absolute Gasteiger partial charge is 0.194 e. The van der Waals surface area contributed by atoms with Crippen LogP contribution in [0.2, 0.25) is 0 Å². The van der Waals surface area contributed by atoms with Crippen molar-refractivity contribution in [2.75, 3.05) is 34.4 Å². The predicted octanol–water partition coefficient (Wildman–Crippen LogP) is 3.72. The topological polar surface area (TPSA) is 68.2 Å². The van der Waals surface area contributed by atoms with E-state index in [1.54, 1.807) is 25.6 Å². The molecule has 0 amide bonds. The lowest BCUT2D eigenvalue weighted by molar-refractivity contribution is 0.119. The van der Waals surface area contributed by atoms with Crippen LogP contribution in [0.3, 0.4) is 0 Å². The molecule has 1 N–H and O–H groups in total. The summed E-state index contributed by atoms with van der Waals surface area (Å²) >= 11 is 1.62. The van der Waals surface area contributed by atoms with Crippen LogP contribution in [0.25, 0.3) is 0 Å². The average molecular weight is 421 g/mol. The molecule has 0 bridgehead atoms. The van der Waals surface area contributed by atoms with E-state index in [0.717, 1.165) is 34.7 Å². The fourth-order valence-electron chi connectivity index (χ4n) is 2.63. The fourth-order valence-corrected chi connectivity index (χ4v) is 3.47. The molecular weight excluding hydrogens is 388 g/mol. The molecule has 0 fully saturated rings. The number of hydrogen-bond donors (Lipinski definition) is 1. The minimum atomic E-state index is -0.0717. The van der Waals surface area contributed by atoms with Crippen molar-refractivity contribution in [3.8, 4) is 11.5 Å². The summed E-state index contributed by atoms with van der Waals surface area (Å²) in [5.74, 6) is 2.37. The largest absolute Gasteiger partial charge is 0.497 e. The van der Waals surface area contributed by atoms with E-state index in [-0.39, 0.29) is 12.2 Å². The first-order valence-corrected chi connectivity index (χ1v) is 10.6. The summed E-state index contributed by atoms with van der Waals surface area (Å²) in [4.78, 5) is 11.5. The van der Waals surface area contributed by atoms with Gasteiger partial charge in [0.25, 0.3) is 0 Å². The van der Waals surface area contributed by atoms with Crippen LogP contribution in [-0.2, 0) is 11.3 Å². The zero-order valence-corrected chi connectivity index (χ0v) is 19.0. The molecule has 160 valence electrons. The number of nitrogens with zero attached hydrogens (tertiary/aromatic N) is 3. The van der Waals surface area contributed by atoms with Gasteiger partial charge in [-0.1, -0.05) is 6.07 Å². The third-order valence-corrected chi connectivity index (χ3v) is 5.30. The van der Waals surface area contributed by atoms with Crippen molar-refractivity contribution >= 4 is 17.3 Å². The van der Waals surface area contributed by atoms with E-state index >= 15 is 0 Å². The minimum absolute atomic E-state index is 0.00979. The van der Waals surface area contributed by atoms with Gasteiger partial charge in [0, 0.05) is 32.1 Å². The highest BCUT2D eigenvalue weighted by Gasteiger charge is 2.13. The Hall–Kier alpha value is -2.32. The van der Waals surface area contributed by atoms with Crippen LogP contribution in [0.1, 0.15) is 37.6 Å². The van der Waals surface area contributed by atoms with E-state index in [1.807, 2.05) is 45.2 Å². The zero-order valence-electron chi connectivity index (χ0n) is 18.1. The first-order valence-electron chi connectivity index (χ1n) is 9.74. The van der Waals surface area contributed by atoms with Gasteiger partial charge in [-0.25, -0.2) is 9.98 Å². The number of hydrogen-bond acceptors (Lipinski definition) is 6. The molecule has 0 saturated carbocycles. The second-order valence-electron chi connectivity index (χ2n) is 6.71. The lowest BCUT2D eigenvalue weighted by atomic mass is 10.3. The van der Waals surface area contributed by atoms with Crippen molar-refractivity contribution in [3.63, 3.8) is 0 Å². The summed E-state index contributed by atoms with van der Waals surface area (Å²) in [6, 6.07) is 7.60. The van der Waals surface area contributed by atoms with Gasteiger partial charge in [-0.2, -0.15) is 0 Å². The fraction of sp³-hybridized carbons (Fsp3) is 0.524. The molecule has 0 aliphatic carbocycles. The van der Waals surface area contributed by atoms with Crippen molar-refractivity contribution < 1.29 is 14.2 Å². The second-order valence-corrected chi connectivity index (χ2v) is 7.60. The van der Waals surface area contributed by atoms with Crippen LogP contribution in [0.4, 0.5) is 0 Å². The maximum atomic E-state index is 5.97. The molecular formula is C21H32N4O3S. The molecule has 0 aliphatic heterocycles. The third-order valence-electron chi connectivity index (χ3n) is 4.24. The SMILES string of the molecule is CCNC(=NCC(C)Oc1cccc(OC)c1)N(C)Cc1csc(C(C)OC)n1. The van der Waals surface area contributed by atoms with Crippen LogP contribution in [0, 0.1) is 0 Å². The van der Waals surface area contributed by atoms with Crippen molar-refractivity contribution in [3.05, 3.63) is 40.3 Å². The second kappa shape index (κ2) is 11.6. The molecule has 2 aromatic rings. The van der Waals surface area contributed by atoms with Gasteiger partial charge in [-0.15, -0.1) is 11.3 Å². The Labute approximate surface area is 177 Å². The van der Waals surface area contributed by atoms with Crippen LogP contribution in [0.15, 0.2) is 34.6 Å². The summed E-state index contributed by atoms with van der Waals surface area (Å²) in [6.45, 7) is 8.06. The minimum Gasteiger partial charge on any atom is -0.497 e. The van der Waals surface area contributed by atoms with E-state index in [2.05, 4.69) is 27.5 Å². The average Bonchev–Trinajstić information content (AvgIpc) is 3.19. The Balaban J connectivity index is 1.97. The molecule has 1 aromatic heterocycles. The molecule has 0 radical (unpaired) electrons. The predicted molar refractivity (Wildman–Crippen MR) is 118 cm³/mol. The summed E-state index contributed by atoms with van der Waals surface area (Å²) in [7, 11) is 5.35. The molecule has 1 aromatic carbocycles. The van der Waals surface area contributed by atoms with E-state index in [0.29, 0.717) is 13.1 Å². The molecule has 0 aliphatic rings. The van der Waals surface area contributed by atoms with Crippen LogP contribution >= 0.6 is 11.3 Å². The standard InChI is InChI=1S/C21H32N4O3S/c1-7-22-21(25(4)13-17-14-29-20(24-17)16(3)26-5)23-12-15(2)28-19-10-8-9-18(11-19)27-6/h8-11,14-16H,7,12-13H2,1-6H3,(H,22,23). The first-order chi connectivity index (χ1) is 14.0. The van der Waals surface area contributed by atoms with E-state index < -0.39 is 0 Å². The molecule has 2 rings (SSSR count). The van der Waals surface area contributed by atoms with Crippen LogP contribution in [-0.4, -0.2) is 56.3 Å². The first kappa shape index (κ1) is 23.0. The van der Waals surface area contributed by atoms with Gasteiger partial charge in [0.15, 0.2) is 5.96 Å². The number of benzene rings is 1. The highest BCUT2D eigenvalue weighted by atomic mass is 32.1. The molecule has 0 saturated heterocycles. The van der Waals surface area contributed by atoms with E-state index in [9.17, 15) is 0 Å². The molecule has 1 heterocycles. The van der Waals surface area contributed by atoms with Crippen molar-refractivity contribution in [2.45, 2.75) is 39.5 Å². The zero-order chi connectivity index (χ0) is 21.2. The quantitative estimate of drug-likeness (QED) is 0.467. The number of rotatable bonds is 10. The third kappa shape index (κ3) is 7.21. The number of methoxy groups -OCH3 is 2. The normalized spacial score (nSPS) is 13.7. The Morgan fingerprint density at radius 1 is 1.28 bits per heavy atom. The number of guanidine groups is 1. The Bertz CT molecular complexity index is 781. The van der Waals surface area contributed by atoms with Gasteiger partial charge in [0.1, 0.15) is 28.7 Å². The summed E-state index contributed by atoms with van der Waals surface area (Å²) in [6.07, 6.45) is -0.0619. The number of nitrogens with one attached hydrogen (secondary N) is 1. The Kier molecular flexibility index (Phi) is 9.21. The van der Waals surface area contributed by atoms with Gasteiger partial charge in [-0.05, 0) is 32.9 Å². The van der Waals surface area contributed by atoms with Crippen molar-refractivity contribution in [1.82, 2.24) is 15.2 Å². The number of aromatic nitrogens is 1. The van der Waals surface area contributed by atoms with Crippen molar-refractivity contribution in [2.24, 2.45) is 4.99 Å². The number of thiazole rings is 1. The molecule has 8 heteroatoms. The molecule has 0 spiro atoms. The Morgan fingerprint density at radius 2 is 2.03 bits per heavy atom. The molecule has 2 unspecified atom stereocenters. The van der Waals surface area contributed by atoms with E-state index in [4.69, 9.17) is 19.2 Å². The molecule has 29 heavy (non-hydrogen) atoms. The van der Waals surface area contributed by atoms with Gasteiger partial charge >= 0.3 is 0 Å². The van der Waals surface area contributed by atoms with Gasteiger partial charge in [0.05, 0.1) is 25.9 Å². The highest BCUT2D eigenvalue weighted by molar-refractivity contribution is 7.09. The lowest BCUT2D eigenvalue weighted by Gasteiger charge is -2.22. The number of aliphatic imine (C=N–C) groups is 1. The van der Waals surface area contributed by atoms with Gasteiger partial charge in [-0.3, -0.25) is 0 Å². The maximum Gasteiger partial charge on any atom is 0.194 e. The Morgan fingerprint density at radius 3 is 2.72 bits per heavy atom. The van der Waals surface area contributed by atoms with Gasteiger partial charge < -0.3 is 24.4 Å². The summed E-state index contributed by atoms with van der Waals surface area (Å²) in [5, 5.41) is 6.39. The lowest BCUT2D eigenvalue weighted by Crippen LogP contribution is -2.39. The summed E-state index contributed by atoms with van der Waals surface area (Å²) < 4.78 is 16.6. The summed E-state index contributed by atoms with van der Waals surface area (Å²) in [5.41, 5.74) is 1.00. The highest BCUT2D eigenvalue weighted by Crippen LogP contribution is 2.21. The van der Waals surface area contributed by atoms with Crippen LogP contribution < -0.4 is 14.8 Å². The van der Waals surface area contributed by atoms with Gasteiger partial charge in [0.2, 0.25) is 0 Å². The number of ether oxygens (including phenoxy) is 3. The monoisotopic (exact) mass is 420 g/mol.